The van der Waals surface area contributed by atoms with E-state index in [2.05, 4.69) is 4.98 Å². The molecule has 1 fully saturated rings. The van der Waals surface area contributed by atoms with Gasteiger partial charge in [0.15, 0.2) is 0 Å². The molecule has 1 saturated heterocycles. The van der Waals surface area contributed by atoms with Gasteiger partial charge < -0.3 is 10.6 Å². The number of carbonyl (C=O) groups excluding carboxylic acids is 1. The smallest absolute Gasteiger partial charge is 0.273 e. The van der Waals surface area contributed by atoms with Gasteiger partial charge in [-0.05, 0) is 30.5 Å². The summed E-state index contributed by atoms with van der Waals surface area (Å²) in [6.07, 6.45) is 1.77. The number of nitrogens with zero attached hydrogens (tertiary/aromatic N) is 2. The first-order valence-corrected chi connectivity index (χ1v) is 7.78. The van der Waals surface area contributed by atoms with Crippen molar-refractivity contribution in [2.24, 2.45) is 5.73 Å². The summed E-state index contributed by atoms with van der Waals surface area (Å²) in [6.45, 7) is 1.01. The van der Waals surface area contributed by atoms with E-state index in [1.807, 2.05) is 6.07 Å². The van der Waals surface area contributed by atoms with Gasteiger partial charge in [-0.15, -0.1) is 23.7 Å². The lowest BCUT2D eigenvalue weighted by molar-refractivity contribution is 0.0730. The Morgan fingerprint density at radius 2 is 2.32 bits per heavy atom. The summed E-state index contributed by atoms with van der Waals surface area (Å²) >= 11 is 1.39. The highest BCUT2D eigenvalue weighted by Crippen LogP contribution is 2.33. The number of halogens is 2. The molecule has 2 heterocycles. The van der Waals surface area contributed by atoms with Crippen LogP contribution in [0, 0.1) is 5.82 Å². The molecular weight excluding hydrogens is 325 g/mol. The topological polar surface area (TPSA) is 59.2 Å². The maximum Gasteiger partial charge on any atom is 0.273 e. The van der Waals surface area contributed by atoms with Gasteiger partial charge in [0, 0.05) is 18.5 Å². The third-order valence-electron chi connectivity index (χ3n) is 3.69. The first kappa shape index (κ1) is 16.9. The molecule has 3 rings (SSSR count). The van der Waals surface area contributed by atoms with Crippen LogP contribution in [0.1, 0.15) is 39.9 Å². The number of benzene rings is 1. The van der Waals surface area contributed by atoms with Crippen molar-refractivity contribution in [2.45, 2.75) is 25.4 Å². The van der Waals surface area contributed by atoms with Gasteiger partial charge in [-0.2, -0.15) is 0 Å². The average molecular weight is 342 g/mol. The molecule has 1 aliphatic rings. The van der Waals surface area contributed by atoms with Gasteiger partial charge in [0.25, 0.3) is 5.91 Å². The van der Waals surface area contributed by atoms with Crippen LogP contribution in [-0.4, -0.2) is 22.3 Å². The fourth-order valence-electron chi connectivity index (χ4n) is 2.72. The second-order valence-electron chi connectivity index (χ2n) is 5.04. The van der Waals surface area contributed by atoms with Crippen molar-refractivity contribution in [3.63, 3.8) is 0 Å². The summed E-state index contributed by atoms with van der Waals surface area (Å²) in [5.74, 6) is -0.372. The molecule has 1 unspecified atom stereocenters. The van der Waals surface area contributed by atoms with Crippen LogP contribution in [0.25, 0.3) is 0 Å². The zero-order chi connectivity index (χ0) is 14.8. The number of hydrogen-bond acceptors (Lipinski definition) is 4. The minimum atomic E-state index is -0.272. The van der Waals surface area contributed by atoms with Gasteiger partial charge in [-0.25, -0.2) is 9.37 Å². The van der Waals surface area contributed by atoms with Crippen molar-refractivity contribution in [3.05, 3.63) is 51.7 Å². The van der Waals surface area contributed by atoms with Crippen LogP contribution in [0.5, 0.6) is 0 Å². The van der Waals surface area contributed by atoms with Gasteiger partial charge in [-0.1, -0.05) is 12.1 Å². The number of hydrogen-bond donors (Lipinski definition) is 1. The Kier molecular flexibility index (Phi) is 5.50. The Hall–Kier alpha value is -1.50. The van der Waals surface area contributed by atoms with Crippen molar-refractivity contribution in [3.8, 4) is 0 Å². The Morgan fingerprint density at radius 1 is 1.50 bits per heavy atom. The van der Waals surface area contributed by atoms with E-state index in [1.165, 1.54) is 23.5 Å². The number of likely N-dealkylation sites (tertiary alicyclic amines) is 1. The molecule has 7 heteroatoms. The molecule has 1 aromatic carbocycles. The standard InChI is InChI=1S/C15H16FN3OS.ClH/c16-11-4-1-3-10(7-11)13-5-2-6-19(13)15(20)12-9-21-14(8-17)18-12;/h1,3-4,7,9,13H,2,5-6,8,17H2;1H. The molecule has 0 aliphatic carbocycles. The molecule has 118 valence electrons. The highest BCUT2D eigenvalue weighted by Gasteiger charge is 2.31. The second kappa shape index (κ2) is 7.17. The van der Waals surface area contributed by atoms with E-state index < -0.39 is 0 Å². The molecule has 0 spiro atoms. The Bertz CT molecular complexity index is 664. The van der Waals surface area contributed by atoms with Crippen LogP contribution in [0.4, 0.5) is 4.39 Å². The SMILES string of the molecule is Cl.NCc1nc(C(=O)N2CCCC2c2cccc(F)c2)cs1. The van der Waals surface area contributed by atoms with E-state index >= 15 is 0 Å². The highest BCUT2D eigenvalue weighted by molar-refractivity contribution is 7.09. The van der Waals surface area contributed by atoms with Crippen LogP contribution in [0.15, 0.2) is 29.6 Å². The average Bonchev–Trinajstić information content (AvgIpc) is 3.15. The van der Waals surface area contributed by atoms with E-state index in [9.17, 15) is 9.18 Å². The van der Waals surface area contributed by atoms with Crippen LogP contribution in [-0.2, 0) is 6.54 Å². The lowest BCUT2D eigenvalue weighted by Gasteiger charge is -2.24. The van der Waals surface area contributed by atoms with Crippen molar-refractivity contribution in [1.82, 2.24) is 9.88 Å². The Labute approximate surface area is 138 Å². The van der Waals surface area contributed by atoms with E-state index in [-0.39, 0.29) is 30.2 Å². The lowest BCUT2D eigenvalue weighted by atomic mass is 10.0. The first-order valence-electron chi connectivity index (χ1n) is 6.90. The number of carbonyl (C=O) groups is 1. The van der Waals surface area contributed by atoms with Gasteiger partial charge >= 0.3 is 0 Å². The molecule has 0 bridgehead atoms. The molecule has 2 N–H and O–H groups in total. The second-order valence-corrected chi connectivity index (χ2v) is 5.98. The predicted octanol–water partition coefficient (Wildman–Crippen LogP) is 3.14. The highest BCUT2D eigenvalue weighted by atomic mass is 35.5. The molecule has 1 amide bonds. The van der Waals surface area contributed by atoms with Crippen LogP contribution in [0.2, 0.25) is 0 Å². The van der Waals surface area contributed by atoms with E-state index in [1.54, 1.807) is 16.3 Å². The zero-order valence-electron chi connectivity index (χ0n) is 11.9. The third kappa shape index (κ3) is 3.29. The van der Waals surface area contributed by atoms with Crippen molar-refractivity contribution < 1.29 is 9.18 Å². The molecular formula is C15H17ClFN3OS. The first-order chi connectivity index (χ1) is 10.2. The molecule has 22 heavy (non-hydrogen) atoms. The van der Waals surface area contributed by atoms with Crippen LogP contribution >= 0.6 is 23.7 Å². The Balaban J connectivity index is 0.00000176. The summed E-state index contributed by atoms with van der Waals surface area (Å²) in [5, 5.41) is 2.49. The third-order valence-corrected chi connectivity index (χ3v) is 4.56. The maximum atomic E-state index is 13.4. The number of aromatic nitrogens is 1. The minimum absolute atomic E-state index is 0. The maximum absolute atomic E-state index is 13.4. The van der Waals surface area contributed by atoms with Crippen molar-refractivity contribution >= 4 is 29.7 Å². The summed E-state index contributed by atoms with van der Waals surface area (Å²) < 4.78 is 13.4. The monoisotopic (exact) mass is 341 g/mol. The van der Waals surface area contributed by atoms with Gasteiger partial charge in [-0.3, -0.25) is 4.79 Å². The number of thiazole rings is 1. The van der Waals surface area contributed by atoms with Crippen LogP contribution < -0.4 is 5.73 Å². The van der Waals surface area contributed by atoms with Gasteiger partial charge in [0.2, 0.25) is 0 Å². The van der Waals surface area contributed by atoms with Crippen LogP contribution in [0.3, 0.4) is 0 Å². The van der Waals surface area contributed by atoms with Gasteiger partial charge in [0.1, 0.15) is 16.5 Å². The quantitative estimate of drug-likeness (QED) is 0.933. The molecule has 0 saturated carbocycles. The van der Waals surface area contributed by atoms with E-state index in [0.717, 1.165) is 23.4 Å². The summed E-state index contributed by atoms with van der Waals surface area (Å²) in [6, 6.07) is 6.39. The molecule has 0 radical (unpaired) electrons. The molecule has 1 atom stereocenters. The molecule has 1 aliphatic heterocycles. The number of nitrogens with two attached hydrogens (primary N) is 1. The minimum Gasteiger partial charge on any atom is -0.330 e. The van der Waals surface area contributed by atoms with E-state index in [0.29, 0.717) is 18.8 Å². The fourth-order valence-corrected chi connectivity index (χ4v) is 3.37. The lowest BCUT2D eigenvalue weighted by Crippen LogP contribution is -2.30. The summed E-state index contributed by atoms with van der Waals surface area (Å²) in [7, 11) is 0. The van der Waals surface area contributed by atoms with E-state index in [4.69, 9.17) is 5.73 Å². The molecule has 1 aromatic heterocycles. The fraction of sp³-hybridized carbons (Fsp3) is 0.333. The zero-order valence-corrected chi connectivity index (χ0v) is 13.5. The van der Waals surface area contributed by atoms with Gasteiger partial charge in [0.05, 0.1) is 6.04 Å². The summed E-state index contributed by atoms with van der Waals surface area (Å²) in [5.41, 5.74) is 6.81. The van der Waals surface area contributed by atoms with Crippen molar-refractivity contribution in [2.75, 3.05) is 6.54 Å². The number of amides is 1. The van der Waals surface area contributed by atoms with Crippen molar-refractivity contribution in [1.29, 1.82) is 0 Å². The molecule has 2 aromatic rings. The number of rotatable bonds is 3. The predicted molar refractivity (Wildman–Crippen MR) is 86.7 cm³/mol. The largest absolute Gasteiger partial charge is 0.330 e. The normalized spacial score (nSPS) is 17.4. The molecule has 4 nitrogen and oxygen atoms in total. The Morgan fingerprint density at radius 3 is 3.00 bits per heavy atom. The summed E-state index contributed by atoms with van der Waals surface area (Å²) in [4.78, 5) is 18.6.